The molecule has 2 aromatic carbocycles. The quantitative estimate of drug-likeness (QED) is 0.510. The fraction of sp³-hybridized carbons (Fsp3) is 0.533. The van der Waals surface area contributed by atoms with Crippen LogP contribution in [0.3, 0.4) is 0 Å². The van der Waals surface area contributed by atoms with Crippen LogP contribution in [0.15, 0.2) is 36.4 Å². The largest absolute Gasteiger partial charge is 0.508 e. The molecule has 1 amide bonds. The first kappa shape index (κ1) is 23.2. The van der Waals surface area contributed by atoms with E-state index in [1.165, 1.54) is 18.4 Å². The van der Waals surface area contributed by atoms with Crippen molar-refractivity contribution in [3.05, 3.63) is 58.8 Å². The van der Waals surface area contributed by atoms with Gasteiger partial charge in [0.05, 0.1) is 23.2 Å². The second-order valence-electron chi connectivity index (χ2n) is 12.0. The number of H-pyrrole nitrogens is 1. The molecule has 7 nitrogen and oxygen atoms in total. The van der Waals surface area contributed by atoms with Crippen molar-refractivity contribution in [3.63, 3.8) is 0 Å². The minimum Gasteiger partial charge on any atom is -0.508 e. The van der Waals surface area contributed by atoms with Crippen LogP contribution < -0.4 is 0 Å². The SMILES string of the molecule is Cc1cc2c(cc1O)[C@@]13CCN(C(=O)Cc4[nH]nc5ccccc45)CC[C@@]1(O)[C@@H](C2)N(CC1CC1)CC3. The van der Waals surface area contributed by atoms with E-state index in [2.05, 4.69) is 21.2 Å². The lowest BCUT2D eigenvalue weighted by Crippen LogP contribution is -2.71. The highest BCUT2D eigenvalue weighted by molar-refractivity contribution is 5.87. The van der Waals surface area contributed by atoms with Crippen LogP contribution in [0.5, 0.6) is 5.75 Å². The number of para-hydroxylation sites is 1. The van der Waals surface area contributed by atoms with Gasteiger partial charge in [-0.25, -0.2) is 0 Å². The number of phenols is 1. The van der Waals surface area contributed by atoms with Crippen molar-refractivity contribution >= 4 is 16.8 Å². The van der Waals surface area contributed by atoms with E-state index >= 15 is 0 Å². The van der Waals surface area contributed by atoms with Crippen LogP contribution >= 0.6 is 0 Å². The van der Waals surface area contributed by atoms with E-state index < -0.39 is 11.0 Å². The van der Waals surface area contributed by atoms with Crippen molar-refractivity contribution in [3.8, 4) is 5.75 Å². The third kappa shape index (κ3) is 3.54. The van der Waals surface area contributed by atoms with Gasteiger partial charge in [-0.15, -0.1) is 0 Å². The van der Waals surface area contributed by atoms with Crippen LogP contribution in [0.25, 0.3) is 10.9 Å². The standard InChI is InChI=1S/C30H36N4O3/c1-19-14-21-15-27-30(37)10-13-33(28(36)17-25-22-4-2-3-5-24(22)31-32-25)11-8-29(30,23(21)16-26(19)35)9-12-34(27)18-20-6-7-20/h2-5,14,16,20,27,35,37H,6-13,15,17-18H2,1H3,(H,31,32)/t27-,29+,30-/m1/s1. The van der Waals surface area contributed by atoms with E-state index in [0.717, 1.165) is 59.6 Å². The molecule has 0 radical (unpaired) electrons. The Hall–Kier alpha value is -2.90. The Kier molecular flexibility index (Phi) is 5.21. The number of likely N-dealkylation sites (tertiary alicyclic amines) is 2. The minimum absolute atomic E-state index is 0.0462. The second-order valence-corrected chi connectivity index (χ2v) is 12.0. The first-order valence-electron chi connectivity index (χ1n) is 13.9. The van der Waals surface area contributed by atoms with Gasteiger partial charge in [0.15, 0.2) is 0 Å². The van der Waals surface area contributed by atoms with Crippen LogP contribution in [0.1, 0.15) is 54.5 Å². The molecule has 3 fully saturated rings. The average Bonchev–Trinajstić information content (AvgIpc) is 3.64. The Morgan fingerprint density at radius 3 is 2.76 bits per heavy atom. The number of carbonyl (C=O) groups excluding carboxylic acids is 1. The maximum atomic E-state index is 13.6. The number of phenolic OH excluding ortho intramolecular Hbond substituents is 1. The molecule has 2 aliphatic carbocycles. The number of hydrogen-bond donors (Lipinski definition) is 3. The zero-order valence-corrected chi connectivity index (χ0v) is 21.5. The number of fused-ring (bicyclic) bond motifs is 2. The molecule has 2 saturated heterocycles. The minimum atomic E-state index is -0.926. The highest BCUT2D eigenvalue weighted by atomic mass is 16.3. The van der Waals surface area contributed by atoms with E-state index in [1.54, 1.807) is 0 Å². The summed E-state index contributed by atoms with van der Waals surface area (Å²) in [6, 6.07) is 12.0. The number of aryl methyl sites for hydroxylation is 1. The fourth-order valence-corrected chi connectivity index (χ4v) is 7.71. The Labute approximate surface area is 217 Å². The van der Waals surface area contributed by atoms with Gasteiger partial charge >= 0.3 is 0 Å². The molecular formula is C30H36N4O3. The number of aromatic hydroxyl groups is 1. The van der Waals surface area contributed by atoms with Gasteiger partial charge in [0.1, 0.15) is 5.75 Å². The number of nitrogens with one attached hydrogen (secondary N) is 1. The summed E-state index contributed by atoms with van der Waals surface area (Å²) in [5.74, 6) is 1.13. The highest BCUT2D eigenvalue weighted by Crippen LogP contribution is 2.57. The molecule has 3 atom stereocenters. The van der Waals surface area contributed by atoms with Gasteiger partial charge in [-0.2, -0.15) is 5.10 Å². The summed E-state index contributed by atoms with van der Waals surface area (Å²) in [5, 5.41) is 31.8. The van der Waals surface area contributed by atoms with Crippen molar-refractivity contribution in [2.24, 2.45) is 5.92 Å². The van der Waals surface area contributed by atoms with Crippen LogP contribution in [-0.4, -0.2) is 73.9 Å². The van der Waals surface area contributed by atoms with Gasteiger partial charge in [-0.3, -0.25) is 14.8 Å². The van der Waals surface area contributed by atoms with E-state index in [1.807, 2.05) is 42.2 Å². The molecule has 194 valence electrons. The monoisotopic (exact) mass is 500 g/mol. The lowest BCUT2D eigenvalue weighted by atomic mass is 9.52. The molecule has 1 aromatic heterocycles. The van der Waals surface area contributed by atoms with Gasteiger partial charge in [-0.1, -0.05) is 24.3 Å². The number of rotatable bonds is 4. The Morgan fingerprint density at radius 2 is 1.92 bits per heavy atom. The molecule has 0 spiro atoms. The van der Waals surface area contributed by atoms with Crippen molar-refractivity contribution in [1.29, 1.82) is 0 Å². The molecule has 3 N–H and O–H groups in total. The van der Waals surface area contributed by atoms with E-state index in [4.69, 9.17) is 0 Å². The highest BCUT2D eigenvalue weighted by Gasteiger charge is 2.63. The third-order valence-electron chi connectivity index (χ3n) is 9.98. The normalized spacial score (nSPS) is 29.6. The Bertz CT molecular complexity index is 1380. The van der Waals surface area contributed by atoms with Crippen molar-refractivity contribution in [2.45, 2.75) is 68.9 Å². The summed E-state index contributed by atoms with van der Waals surface area (Å²) in [6.07, 6.45) is 5.79. The van der Waals surface area contributed by atoms with Gasteiger partial charge in [-0.05, 0) is 86.7 Å². The smallest absolute Gasteiger partial charge is 0.228 e. The third-order valence-corrected chi connectivity index (χ3v) is 9.98. The number of piperidine rings is 1. The molecule has 37 heavy (non-hydrogen) atoms. The number of aliphatic hydroxyl groups is 1. The number of hydrogen-bond acceptors (Lipinski definition) is 5. The van der Waals surface area contributed by atoms with Crippen molar-refractivity contribution in [1.82, 2.24) is 20.0 Å². The summed E-state index contributed by atoms with van der Waals surface area (Å²) >= 11 is 0. The zero-order valence-electron chi connectivity index (χ0n) is 21.5. The number of benzene rings is 2. The molecular weight excluding hydrogens is 464 g/mol. The molecule has 1 saturated carbocycles. The summed E-state index contributed by atoms with van der Waals surface area (Å²) in [4.78, 5) is 18.1. The number of aromatic amines is 1. The topological polar surface area (TPSA) is 92.7 Å². The van der Waals surface area contributed by atoms with Crippen LogP contribution in [0.4, 0.5) is 0 Å². The van der Waals surface area contributed by atoms with Crippen LogP contribution in [0, 0.1) is 12.8 Å². The summed E-state index contributed by atoms with van der Waals surface area (Å²) in [7, 11) is 0. The summed E-state index contributed by atoms with van der Waals surface area (Å²) in [5.41, 5.74) is 3.60. The maximum absolute atomic E-state index is 13.6. The maximum Gasteiger partial charge on any atom is 0.228 e. The number of aromatic nitrogens is 2. The van der Waals surface area contributed by atoms with Gasteiger partial charge < -0.3 is 15.1 Å². The molecule has 3 heterocycles. The Balaban J connectivity index is 1.22. The lowest BCUT2D eigenvalue weighted by molar-refractivity contribution is -0.149. The van der Waals surface area contributed by atoms with Crippen molar-refractivity contribution in [2.75, 3.05) is 26.2 Å². The molecule has 3 aromatic rings. The predicted octanol–water partition coefficient (Wildman–Crippen LogP) is 3.45. The molecule has 7 rings (SSSR count). The fourth-order valence-electron chi connectivity index (χ4n) is 7.71. The van der Waals surface area contributed by atoms with Gasteiger partial charge in [0.2, 0.25) is 5.91 Å². The van der Waals surface area contributed by atoms with Gasteiger partial charge in [0, 0.05) is 36.5 Å². The number of amides is 1. The van der Waals surface area contributed by atoms with E-state index in [0.29, 0.717) is 31.7 Å². The van der Waals surface area contributed by atoms with Crippen molar-refractivity contribution < 1.29 is 15.0 Å². The van der Waals surface area contributed by atoms with Gasteiger partial charge in [0.25, 0.3) is 0 Å². The zero-order chi connectivity index (χ0) is 25.4. The molecule has 2 bridgehead atoms. The first-order valence-corrected chi connectivity index (χ1v) is 13.9. The molecule has 4 aliphatic rings. The van der Waals surface area contributed by atoms with E-state index in [-0.39, 0.29) is 18.4 Å². The molecule has 2 aliphatic heterocycles. The summed E-state index contributed by atoms with van der Waals surface area (Å²) in [6.45, 7) is 5.13. The number of nitrogens with zero attached hydrogens (tertiary/aromatic N) is 3. The average molecular weight is 501 g/mol. The number of carbonyl (C=O) groups is 1. The molecule has 0 unspecified atom stereocenters. The molecule has 7 heteroatoms. The second kappa shape index (κ2) is 8.30. The van der Waals surface area contributed by atoms with E-state index in [9.17, 15) is 15.0 Å². The Morgan fingerprint density at radius 1 is 1.14 bits per heavy atom. The first-order chi connectivity index (χ1) is 17.9. The lowest BCUT2D eigenvalue weighted by Gasteiger charge is -2.61. The summed E-state index contributed by atoms with van der Waals surface area (Å²) < 4.78 is 0. The van der Waals surface area contributed by atoms with Crippen LogP contribution in [-0.2, 0) is 23.1 Å². The predicted molar refractivity (Wildman–Crippen MR) is 141 cm³/mol. The van der Waals surface area contributed by atoms with Crippen LogP contribution in [0.2, 0.25) is 0 Å².